The van der Waals surface area contributed by atoms with E-state index in [0.717, 1.165) is 27.5 Å². The van der Waals surface area contributed by atoms with Crippen molar-refractivity contribution in [2.75, 3.05) is 0 Å². The largest absolute Gasteiger partial charge is 0.423 e. The first-order valence-electron chi connectivity index (χ1n) is 7.36. The fourth-order valence-electron chi connectivity index (χ4n) is 2.42. The molecule has 0 amide bonds. The Kier molecular flexibility index (Phi) is 4.78. The van der Waals surface area contributed by atoms with Crippen LogP contribution in [0.4, 0.5) is 0 Å². The topological polar surface area (TPSA) is 60.9 Å². The Balaban J connectivity index is 1.97. The number of aromatic nitrogens is 3. The van der Waals surface area contributed by atoms with Gasteiger partial charge in [-0.15, -0.1) is 16.8 Å². The third-order valence-corrected chi connectivity index (χ3v) is 5.10. The average molecular weight is 362 g/mol. The molecule has 2 heterocycles. The maximum atomic E-state index is 11.8. The number of hydrogen-bond donors (Lipinski definition) is 0. The van der Waals surface area contributed by atoms with Crippen LogP contribution in [0.25, 0.3) is 11.0 Å². The van der Waals surface area contributed by atoms with Crippen molar-refractivity contribution in [3.63, 3.8) is 0 Å². The van der Waals surface area contributed by atoms with Crippen molar-refractivity contribution in [1.82, 2.24) is 14.8 Å². The number of hydrogen-bond acceptors (Lipinski definition) is 5. The molecule has 7 heteroatoms. The lowest BCUT2D eigenvalue weighted by Gasteiger charge is -2.08. The third kappa shape index (κ3) is 3.25. The minimum atomic E-state index is -0.372. The van der Waals surface area contributed by atoms with Crippen molar-refractivity contribution in [3.05, 3.63) is 63.2 Å². The Morgan fingerprint density at radius 3 is 2.88 bits per heavy atom. The first-order chi connectivity index (χ1) is 11.5. The zero-order valence-electron chi connectivity index (χ0n) is 13.4. The summed E-state index contributed by atoms with van der Waals surface area (Å²) in [5, 5.41) is 10.5. The zero-order valence-corrected chi connectivity index (χ0v) is 14.9. The van der Waals surface area contributed by atoms with Gasteiger partial charge < -0.3 is 8.98 Å². The number of nitrogens with zero attached hydrogens (tertiary/aromatic N) is 3. The van der Waals surface area contributed by atoms with Crippen LogP contribution < -0.4 is 5.63 Å². The molecular formula is C17H16ClN3O2S. The van der Waals surface area contributed by atoms with Gasteiger partial charge in [-0.05, 0) is 37.1 Å². The van der Waals surface area contributed by atoms with Crippen LogP contribution in [-0.2, 0) is 12.3 Å². The van der Waals surface area contributed by atoms with Crippen LogP contribution in [0.5, 0.6) is 0 Å². The molecule has 0 spiro atoms. The Labute approximate surface area is 148 Å². The Hall–Kier alpha value is -2.05. The summed E-state index contributed by atoms with van der Waals surface area (Å²) in [5.41, 5.74) is 1.91. The maximum absolute atomic E-state index is 11.8. The van der Waals surface area contributed by atoms with E-state index in [2.05, 4.69) is 16.8 Å². The van der Waals surface area contributed by atoms with Crippen LogP contribution in [0.15, 0.2) is 45.2 Å². The van der Waals surface area contributed by atoms with Crippen molar-refractivity contribution in [1.29, 1.82) is 0 Å². The first-order valence-corrected chi connectivity index (χ1v) is 8.72. The molecule has 0 unspecified atom stereocenters. The van der Waals surface area contributed by atoms with Crippen LogP contribution in [0.3, 0.4) is 0 Å². The van der Waals surface area contributed by atoms with E-state index in [1.807, 2.05) is 24.5 Å². The minimum absolute atomic E-state index is 0.372. The molecule has 0 fully saturated rings. The summed E-state index contributed by atoms with van der Waals surface area (Å²) in [6, 6.07) is 5.13. The molecule has 2 aromatic heterocycles. The Morgan fingerprint density at radius 2 is 2.12 bits per heavy atom. The van der Waals surface area contributed by atoms with Crippen LogP contribution in [0.1, 0.15) is 17.0 Å². The molecule has 0 aliphatic carbocycles. The molecule has 0 atom stereocenters. The molecule has 0 aliphatic heterocycles. The number of aryl methyl sites for hydroxylation is 2. The van der Waals surface area contributed by atoms with Gasteiger partial charge in [-0.1, -0.05) is 29.4 Å². The van der Waals surface area contributed by atoms with E-state index in [9.17, 15) is 4.79 Å². The van der Waals surface area contributed by atoms with E-state index in [1.54, 1.807) is 12.1 Å². The van der Waals surface area contributed by atoms with Crippen molar-refractivity contribution < 1.29 is 4.42 Å². The summed E-state index contributed by atoms with van der Waals surface area (Å²) in [6.45, 7) is 8.17. The van der Waals surface area contributed by atoms with E-state index in [0.29, 0.717) is 22.9 Å². The van der Waals surface area contributed by atoms with Gasteiger partial charge in [0.25, 0.3) is 0 Å². The van der Waals surface area contributed by atoms with Crippen molar-refractivity contribution in [3.8, 4) is 0 Å². The maximum Gasteiger partial charge on any atom is 0.336 e. The van der Waals surface area contributed by atoms with Gasteiger partial charge >= 0.3 is 5.63 Å². The molecule has 0 saturated carbocycles. The van der Waals surface area contributed by atoms with Gasteiger partial charge in [-0.3, -0.25) is 0 Å². The second-order valence-corrected chi connectivity index (χ2v) is 6.76. The highest BCUT2D eigenvalue weighted by atomic mass is 35.5. The molecule has 0 radical (unpaired) electrons. The Bertz CT molecular complexity index is 978. The predicted octanol–water partition coefficient (Wildman–Crippen LogP) is 4.13. The molecule has 0 bridgehead atoms. The number of allylic oxidation sites excluding steroid dienone is 1. The van der Waals surface area contributed by atoms with Gasteiger partial charge in [0.15, 0.2) is 5.16 Å². The number of fused-ring (bicyclic) bond motifs is 1. The van der Waals surface area contributed by atoms with Crippen LogP contribution in [0.2, 0.25) is 5.02 Å². The molecule has 0 saturated heterocycles. The van der Waals surface area contributed by atoms with Crippen molar-refractivity contribution >= 4 is 34.3 Å². The lowest BCUT2D eigenvalue weighted by atomic mass is 10.1. The number of rotatable bonds is 5. The summed E-state index contributed by atoms with van der Waals surface area (Å²) >= 11 is 7.73. The summed E-state index contributed by atoms with van der Waals surface area (Å²) in [5.74, 6) is 1.39. The predicted molar refractivity (Wildman–Crippen MR) is 96.7 cm³/mol. The van der Waals surface area contributed by atoms with Crippen molar-refractivity contribution in [2.45, 2.75) is 31.3 Å². The summed E-state index contributed by atoms with van der Waals surface area (Å²) in [4.78, 5) is 11.8. The standard InChI is InChI=1S/C17H16ClN3O2S/c1-4-5-21-11(3)19-20-17(21)24-9-12-7-16(22)23-15-6-10(2)14(18)8-13(12)15/h4,6-8H,1,5,9H2,2-3H3. The number of halogens is 1. The van der Waals surface area contributed by atoms with Gasteiger partial charge in [0.2, 0.25) is 0 Å². The molecule has 24 heavy (non-hydrogen) atoms. The second kappa shape index (κ2) is 6.83. The zero-order chi connectivity index (χ0) is 17.3. The van der Waals surface area contributed by atoms with Gasteiger partial charge in [0.05, 0.1) is 0 Å². The fraction of sp³-hybridized carbons (Fsp3) is 0.235. The molecule has 1 aromatic carbocycles. The number of thioether (sulfide) groups is 1. The van der Waals surface area contributed by atoms with Crippen LogP contribution in [0, 0.1) is 13.8 Å². The normalized spacial score (nSPS) is 11.1. The number of benzene rings is 1. The Morgan fingerprint density at radius 1 is 1.33 bits per heavy atom. The highest BCUT2D eigenvalue weighted by Crippen LogP contribution is 2.29. The van der Waals surface area contributed by atoms with Gasteiger partial charge in [0, 0.05) is 28.8 Å². The molecule has 3 rings (SSSR count). The summed E-state index contributed by atoms with van der Waals surface area (Å²) in [6.07, 6.45) is 1.80. The SMILES string of the molecule is C=CCn1c(C)nnc1SCc1cc(=O)oc2cc(C)c(Cl)cc12. The lowest BCUT2D eigenvalue weighted by molar-refractivity contribution is 0.559. The smallest absolute Gasteiger partial charge is 0.336 e. The molecule has 0 aliphatic rings. The van der Waals surface area contributed by atoms with E-state index in [4.69, 9.17) is 16.0 Å². The monoisotopic (exact) mass is 361 g/mol. The summed E-state index contributed by atoms with van der Waals surface area (Å²) in [7, 11) is 0. The molecular weight excluding hydrogens is 346 g/mol. The highest BCUT2D eigenvalue weighted by Gasteiger charge is 2.12. The van der Waals surface area contributed by atoms with Crippen LogP contribution >= 0.6 is 23.4 Å². The fourth-order valence-corrected chi connectivity index (χ4v) is 3.57. The van der Waals surface area contributed by atoms with Gasteiger partial charge in [-0.2, -0.15) is 0 Å². The second-order valence-electron chi connectivity index (χ2n) is 5.41. The molecule has 5 nitrogen and oxygen atoms in total. The quantitative estimate of drug-likeness (QED) is 0.388. The van der Waals surface area contributed by atoms with E-state index in [1.165, 1.54) is 17.8 Å². The van der Waals surface area contributed by atoms with E-state index >= 15 is 0 Å². The van der Waals surface area contributed by atoms with Gasteiger partial charge in [-0.25, -0.2) is 4.79 Å². The molecule has 124 valence electrons. The third-order valence-electron chi connectivity index (χ3n) is 3.68. The van der Waals surface area contributed by atoms with Crippen LogP contribution in [-0.4, -0.2) is 14.8 Å². The highest BCUT2D eigenvalue weighted by molar-refractivity contribution is 7.98. The molecule has 3 aromatic rings. The average Bonchev–Trinajstić information content (AvgIpc) is 2.88. The lowest BCUT2D eigenvalue weighted by Crippen LogP contribution is -2.02. The van der Waals surface area contributed by atoms with E-state index in [-0.39, 0.29) is 5.63 Å². The van der Waals surface area contributed by atoms with Crippen molar-refractivity contribution in [2.24, 2.45) is 0 Å². The molecule has 0 N–H and O–H groups in total. The first kappa shape index (κ1) is 16.8. The minimum Gasteiger partial charge on any atom is -0.423 e. The van der Waals surface area contributed by atoms with E-state index < -0.39 is 0 Å². The van der Waals surface area contributed by atoms with Gasteiger partial charge in [0.1, 0.15) is 11.4 Å². The summed E-state index contributed by atoms with van der Waals surface area (Å²) < 4.78 is 7.26.